The largest absolute Gasteiger partial charge is 0.426 e. The minimum Gasteiger partial charge on any atom is -0.426 e. The van der Waals surface area contributed by atoms with E-state index in [0.717, 1.165) is 46.4 Å². The molecule has 38 heavy (non-hydrogen) atoms. The lowest BCUT2D eigenvalue weighted by molar-refractivity contribution is -0.135. The second kappa shape index (κ2) is 10.3. The third-order valence-corrected chi connectivity index (χ3v) is 9.57. The number of aromatic amines is 1. The van der Waals surface area contributed by atoms with Crippen LogP contribution in [-0.4, -0.2) is 57.3 Å². The number of hydrogen-bond donors (Lipinski definition) is 1. The number of H-pyrrole nitrogens is 1. The van der Waals surface area contributed by atoms with Crippen LogP contribution in [0.25, 0.3) is 21.8 Å². The van der Waals surface area contributed by atoms with Gasteiger partial charge in [-0.15, -0.1) is 0 Å². The van der Waals surface area contributed by atoms with Crippen LogP contribution in [0.1, 0.15) is 48.8 Å². The Labute approximate surface area is 244 Å². The number of amides is 1. The van der Waals surface area contributed by atoms with Gasteiger partial charge in [0.15, 0.2) is 0 Å². The van der Waals surface area contributed by atoms with E-state index in [2.05, 4.69) is 57.7 Å². The Hall–Kier alpha value is -2.47. The van der Waals surface area contributed by atoms with E-state index < -0.39 is 5.97 Å². The summed E-state index contributed by atoms with van der Waals surface area (Å²) in [6, 6.07) is 7.25. The zero-order valence-corrected chi connectivity index (χ0v) is 25.9. The SMILES string of the molecule is CC(=O)Oc1cc(Br)c(Br)c2[nH]cc([C@@H]3CN(C)[C@@H](c4cn(C(C)=O)c5cc(Br)ccc45)CN3C(C)=O)c12. The van der Waals surface area contributed by atoms with Gasteiger partial charge < -0.3 is 14.6 Å². The summed E-state index contributed by atoms with van der Waals surface area (Å²) in [5, 5.41) is 1.72. The molecule has 4 aromatic rings. The fraction of sp³-hybridized carbons (Fsp3) is 0.296. The first-order chi connectivity index (χ1) is 18.0. The number of halogens is 3. The van der Waals surface area contributed by atoms with Crippen LogP contribution in [0.2, 0.25) is 0 Å². The lowest BCUT2D eigenvalue weighted by atomic mass is 9.95. The molecule has 5 rings (SSSR count). The maximum absolute atomic E-state index is 13.1. The molecule has 0 unspecified atom stereocenters. The zero-order valence-electron chi connectivity index (χ0n) is 21.1. The average Bonchev–Trinajstić information content (AvgIpc) is 3.44. The van der Waals surface area contributed by atoms with Gasteiger partial charge in [-0.25, -0.2) is 0 Å². The summed E-state index contributed by atoms with van der Waals surface area (Å²) in [6.45, 7) is 5.44. The topological polar surface area (TPSA) is 87.6 Å². The number of carbonyl (C=O) groups is 3. The quantitative estimate of drug-likeness (QED) is 0.192. The fourth-order valence-electron chi connectivity index (χ4n) is 5.40. The first kappa shape index (κ1) is 27.1. The van der Waals surface area contributed by atoms with Gasteiger partial charge in [-0.2, -0.15) is 0 Å². The molecule has 1 N–H and O–H groups in total. The summed E-state index contributed by atoms with van der Waals surface area (Å²) in [6.07, 6.45) is 3.77. The molecule has 11 heteroatoms. The van der Waals surface area contributed by atoms with Crippen molar-refractivity contribution < 1.29 is 19.1 Å². The van der Waals surface area contributed by atoms with E-state index >= 15 is 0 Å². The van der Waals surface area contributed by atoms with Gasteiger partial charge in [0.25, 0.3) is 0 Å². The molecule has 1 aliphatic heterocycles. The standard InChI is InChI=1S/C27H25Br3N4O4/c1-13(35)33-10-19(17-6-5-16(28)7-21(17)33)22-12-34(14(2)36)23(11-32(22)4)18-9-31-27-25(18)24(38-15(3)37)8-20(29)26(27)30/h5-10,22-23,31H,11-12H2,1-4H3/t22-,23+/m1/s1. The molecule has 0 spiro atoms. The Morgan fingerprint density at radius 1 is 0.974 bits per heavy atom. The fourth-order valence-corrected chi connectivity index (χ4v) is 6.58. The maximum Gasteiger partial charge on any atom is 0.308 e. The normalized spacial score (nSPS) is 18.3. The minimum absolute atomic E-state index is 0.0642. The molecule has 0 saturated carbocycles. The number of rotatable bonds is 3. The molecular weight excluding hydrogens is 684 g/mol. The third-order valence-electron chi connectivity index (χ3n) is 7.10. The highest BCUT2D eigenvalue weighted by Gasteiger charge is 2.38. The van der Waals surface area contributed by atoms with Gasteiger partial charge in [0, 0.05) is 71.5 Å². The summed E-state index contributed by atoms with van der Waals surface area (Å²) >= 11 is 10.6. The highest BCUT2D eigenvalue weighted by Crippen LogP contribution is 2.44. The van der Waals surface area contributed by atoms with Crippen molar-refractivity contribution >= 4 is 87.4 Å². The molecule has 0 bridgehead atoms. The van der Waals surface area contributed by atoms with Crippen LogP contribution >= 0.6 is 47.8 Å². The number of fused-ring (bicyclic) bond motifs is 2. The number of piperazine rings is 1. The first-order valence-electron chi connectivity index (χ1n) is 11.9. The predicted octanol–water partition coefficient (Wildman–Crippen LogP) is 6.57. The molecule has 8 nitrogen and oxygen atoms in total. The summed E-state index contributed by atoms with van der Waals surface area (Å²) in [7, 11) is 2.03. The van der Waals surface area contributed by atoms with Crippen molar-refractivity contribution in [2.24, 2.45) is 0 Å². The number of aromatic nitrogens is 2. The van der Waals surface area contributed by atoms with Crippen LogP contribution in [0.4, 0.5) is 0 Å². The molecule has 1 fully saturated rings. The second-order valence-electron chi connectivity index (χ2n) is 9.54. The van der Waals surface area contributed by atoms with E-state index in [-0.39, 0.29) is 23.9 Å². The van der Waals surface area contributed by atoms with Crippen LogP contribution in [-0.2, 0) is 9.59 Å². The number of nitrogens with zero attached hydrogens (tertiary/aromatic N) is 3. The van der Waals surface area contributed by atoms with Crippen molar-refractivity contribution in [1.82, 2.24) is 19.4 Å². The second-order valence-corrected chi connectivity index (χ2v) is 12.1. The average molecular weight is 709 g/mol. The highest BCUT2D eigenvalue weighted by atomic mass is 79.9. The van der Waals surface area contributed by atoms with Crippen molar-refractivity contribution in [2.75, 3.05) is 20.1 Å². The number of ether oxygens (including phenoxy) is 1. The number of esters is 1. The monoisotopic (exact) mass is 706 g/mol. The smallest absolute Gasteiger partial charge is 0.308 e. The summed E-state index contributed by atoms with van der Waals surface area (Å²) in [5.41, 5.74) is 3.44. The zero-order chi connectivity index (χ0) is 27.5. The van der Waals surface area contributed by atoms with Crippen LogP contribution in [0.5, 0.6) is 5.75 Å². The summed E-state index contributed by atoms with van der Waals surface area (Å²) in [5.74, 6) is -0.147. The molecule has 1 aliphatic rings. The van der Waals surface area contributed by atoms with Crippen LogP contribution < -0.4 is 4.74 Å². The van der Waals surface area contributed by atoms with E-state index in [1.54, 1.807) is 24.5 Å². The van der Waals surface area contributed by atoms with Gasteiger partial charge in [0.2, 0.25) is 11.8 Å². The third kappa shape index (κ3) is 4.63. The Morgan fingerprint density at radius 2 is 1.71 bits per heavy atom. The van der Waals surface area contributed by atoms with Gasteiger partial charge >= 0.3 is 5.97 Å². The minimum atomic E-state index is -0.426. The number of nitrogens with one attached hydrogen (secondary N) is 1. The molecule has 2 aromatic heterocycles. The van der Waals surface area contributed by atoms with E-state index in [4.69, 9.17) is 4.74 Å². The molecule has 0 aliphatic carbocycles. The molecule has 1 amide bonds. The predicted molar refractivity (Wildman–Crippen MR) is 156 cm³/mol. The van der Waals surface area contributed by atoms with E-state index in [1.807, 2.05) is 42.5 Å². The van der Waals surface area contributed by atoms with Crippen LogP contribution in [0.3, 0.4) is 0 Å². The van der Waals surface area contributed by atoms with Gasteiger partial charge in [-0.3, -0.25) is 23.9 Å². The number of hydrogen-bond acceptors (Lipinski definition) is 5. The molecule has 0 radical (unpaired) electrons. The van der Waals surface area contributed by atoms with Crippen molar-refractivity contribution in [3.8, 4) is 5.75 Å². The highest BCUT2D eigenvalue weighted by molar-refractivity contribution is 9.13. The first-order valence-corrected chi connectivity index (χ1v) is 14.3. The van der Waals surface area contributed by atoms with Crippen molar-refractivity contribution in [3.05, 3.63) is 61.2 Å². The van der Waals surface area contributed by atoms with Gasteiger partial charge in [-0.1, -0.05) is 22.0 Å². The van der Waals surface area contributed by atoms with Gasteiger partial charge in [0.1, 0.15) is 5.75 Å². The Balaban J connectivity index is 1.61. The van der Waals surface area contributed by atoms with Gasteiger partial charge in [0.05, 0.1) is 27.6 Å². The van der Waals surface area contributed by atoms with Crippen molar-refractivity contribution in [2.45, 2.75) is 32.9 Å². The number of benzene rings is 2. The van der Waals surface area contributed by atoms with Crippen molar-refractivity contribution in [1.29, 1.82) is 0 Å². The van der Waals surface area contributed by atoms with Crippen LogP contribution in [0.15, 0.2) is 50.1 Å². The van der Waals surface area contributed by atoms with E-state index in [1.165, 1.54) is 6.92 Å². The van der Waals surface area contributed by atoms with E-state index in [0.29, 0.717) is 18.8 Å². The Kier molecular flexibility index (Phi) is 7.32. The molecule has 1 saturated heterocycles. The summed E-state index contributed by atoms with van der Waals surface area (Å²) < 4.78 is 9.68. The molecule has 2 aromatic carbocycles. The van der Waals surface area contributed by atoms with Crippen molar-refractivity contribution in [3.63, 3.8) is 0 Å². The molecule has 198 valence electrons. The summed E-state index contributed by atoms with van der Waals surface area (Å²) in [4.78, 5) is 44.8. The van der Waals surface area contributed by atoms with E-state index in [9.17, 15) is 14.4 Å². The lowest BCUT2D eigenvalue weighted by Gasteiger charge is -2.44. The number of carbonyl (C=O) groups excluding carboxylic acids is 3. The molecule has 3 heterocycles. The maximum atomic E-state index is 13.1. The Bertz CT molecular complexity index is 1630. The Morgan fingerprint density at radius 3 is 2.37 bits per heavy atom. The molecule has 2 atom stereocenters. The van der Waals surface area contributed by atoms with Crippen LogP contribution in [0, 0.1) is 0 Å². The molecular formula is C27H25Br3N4O4. The number of likely N-dealkylation sites (N-methyl/N-ethyl adjacent to an activating group) is 1. The van der Waals surface area contributed by atoms with Gasteiger partial charge in [-0.05, 0) is 62.7 Å². The lowest BCUT2D eigenvalue weighted by Crippen LogP contribution is -2.50.